The zero-order valence-corrected chi connectivity index (χ0v) is 43.1. The van der Waals surface area contributed by atoms with E-state index in [1.807, 2.05) is 0 Å². The highest BCUT2D eigenvalue weighted by Gasteiger charge is 2.17. The first kappa shape index (κ1) is 61.9. The van der Waals surface area contributed by atoms with Gasteiger partial charge in [-0.15, -0.1) is 0 Å². The Kier molecular flexibility index (Phi) is 53.3. The monoisotopic (exact) mass is 897 g/mol. The standard InChI is InChI=1S/C59H108O5/c1-4-7-10-13-16-19-22-25-28-29-30-31-33-34-37-40-43-46-49-52-58(60)63-56-57(55-62-54-51-48-45-42-39-36-27-24-21-18-15-12-9-6-3)64-59(61)53-50-47-44-41-38-35-32-26-23-20-17-14-11-8-5-2/h9,12,18,21,26-27,32,36,57H,4-8,10-11,13-17,19-20,22-25,28-31,33-35,37-56H2,1-3H3/b12-9-,21-18-,32-26-,36-27-. The summed E-state index contributed by atoms with van der Waals surface area (Å²) in [6.45, 7) is 7.70. The molecule has 0 spiro atoms. The highest BCUT2D eigenvalue weighted by molar-refractivity contribution is 5.70. The first-order valence-electron chi connectivity index (χ1n) is 28.2. The summed E-state index contributed by atoms with van der Waals surface area (Å²) in [4.78, 5) is 25.5. The van der Waals surface area contributed by atoms with Gasteiger partial charge in [0.1, 0.15) is 6.61 Å². The van der Waals surface area contributed by atoms with Crippen molar-refractivity contribution in [1.29, 1.82) is 0 Å². The molecule has 0 N–H and O–H groups in total. The van der Waals surface area contributed by atoms with E-state index in [4.69, 9.17) is 14.2 Å². The van der Waals surface area contributed by atoms with Gasteiger partial charge in [0.25, 0.3) is 0 Å². The summed E-state index contributed by atoms with van der Waals surface area (Å²) in [7, 11) is 0. The second-order valence-electron chi connectivity index (χ2n) is 18.8. The molecule has 5 heteroatoms. The molecule has 374 valence electrons. The normalized spacial score (nSPS) is 12.5. The molecule has 0 aromatic heterocycles. The molecule has 1 unspecified atom stereocenters. The molecular weight excluding hydrogens is 789 g/mol. The number of allylic oxidation sites excluding steroid dienone is 8. The molecule has 1 atom stereocenters. The van der Waals surface area contributed by atoms with Crippen molar-refractivity contribution in [3.63, 3.8) is 0 Å². The Bertz CT molecular complexity index is 1060. The zero-order chi connectivity index (χ0) is 46.3. The lowest BCUT2D eigenvalue weighted by Gasteiger charge is -2.18. The molecule has 0 aliphatic heterocycles. The Morgan fingerprint density at radius 2 is 0.703 bits per heavy atom. The summed E-state index contributed by atoms with van der Waals surface area (Å²) < 4.78 is 17.4. The molecule has 0 radical (unpaired) electrons. The third kappa shape index (κ3) is 52.5. The van der Waals surface area contributed by atoms with E-state index in [1.165, 1.54) is 180 Å². The van der Waals surface area contributed by atoms with Gasteiger partial charge in [0.15, 0.2) is 6.10 Å². The van der Waals surface area contributed by atoms with Gasteiger partial charge in [-0.3, -0.25) is 9.59 Å². The minimum Gasteiger partial charge on any atom is -0.462 e. The van der Waals surface area contributed by atoms with Crippen LogP contribution in [0.4, 0.5) is 0 Å². The minimum absolute atomic E-state index is 0.0764. The molecular formula is C59H108O5. The Labute approximate surface area is 399 Å². The number of carbonyl (C=O) groups is 2. The van der Waals surface area contributed by atoms with Gasteiger partial charge < -0.3 is 14.2 Å². The fourth-order valence-corrected chi connectivity index (χ4v) is 8.17. The van der Waals surface area contributed by atoms with E-state index < -0.39 is 6.10 Å². The van der Waals surface area contributed by atoms with Gasteiger partial charge in [-0.1, -0.05) is 249 Å². The molecule has 64 heavy (non-hydrogen) atoms. The predicted molar refractivity (Wildman–Crippen MR) is 279 cm³/mol. The van der Waals surface area contributed by atoms with Crippen LogP contribution in [0.3, 0.4) is 0 Å². The molecule has 0 saturated carbocycles. The molecule has 0 aromatic rings. The predicted octanol–water partition coefficient (Wildman–Crippen LogP) is 19.1. The Morgan fingerprint density at radius 1 is 0.359 bits per heavy atom. The van der Waals surface area contributed by atoms with Crippen LogP contribution in [0.2, 0.25) is 0 Å². The molecule has 0 amide bonds. The molecule has 0 aliphatic rings. The van der Waals surface area contributed by atoms with Crippen molar-refractivity contribution >= 4 is 11.9 Å². The molecule has 0 saturated heterocycles. The van der Waals surface area contributed by atoms with Gasteiger partial charge in [0, 0.05) is 19.4 Å². The SMILES string of the molecule is CC/C=C\C/C=C\C/C=C\CCCCCCOCC(COC(=O)CCCCCCCCCCCCCCCCCCCCC)OC(=O)CCCCCCC/C=C\CCCCCCCC. The van der Waals surface area contributed by atoms with Gasteiger partial charge >= 0.3 is 11.9 Å². The number of unbranched alkanes of at least 4 members (excludes halogenated alkanes) is 33. The maximum Gasteiger partial charge on any atom is 0.306 e. The van der Waals surface area contributed by atoms with E-state index in [9.17, 15) is 9.59 Å². The number of esters is 2. The average molecular weight is 898 g/mol. The fraction of sp³-hybridized carbons (Fsp3) is 0.831. The van der Waals surface area contributed by atoms with Crippen LogP contribution >= 0.6 is 0 Å². The number of hydrogen-bond acceptors (Lipinski definition) is 5. The highest BCUT2D eigenvalue weighted by atomic mass is 16.6. The van der Waals surface area contributed by atoms with Crippen molar-refractivity contribution in [2.45, 2.75) is 297 Å². The largest absolute Gasteiger partial charge is 0.462 e. The Balaban J connectivity index is 4.24. The van der Waals surface area contributed by atoms with Crippen molar-refractivity contribution in [2.24, 2.45) is 0 Å². The van der Waals surface area contributed by atoms with Crippen molar-refractivity contribution < 1.29 is 23.8 Å². The summed E-state index contributed by atoms with van der Waals surface area (Å²) in [6.07, 6.45) is 68.5. The fourth-order valence-electron chi connectivity index (χ4n) is 8.17. The van der Waals surface area contributed by atoms with E-state index in [1.54, 1.807) is 0 Å². The van der Waals surface area contributed by atoms with Crippen LogP contribution in [0, 0.1) is 0 Å². The third-order valence-corrected chi connectivity index (χ3v) is 12.3. The molecule has 0 rings (SSSR count). The second kappa shape index (κ2) is 55.2. The van der Waals surface area contributed by atoms with Crippen LogP contribution < -0.4 is 0 Å². The maximum atomic E-state index is 12.8. The summed E-state index contributed by atoms with van der Waals surface area (Å²) in [5.74, 6) is -0.405. The van der Waals surface area contributed by atoms with Gasteiger partial charge in [0.2, 0.25) is 0 Å². The van der Waals surface area contributed by atoms with E-state index in [2.05, 4.69) is 69.4 Å². The Hall–Kier alpha value is -2.14. The van der Waals surface area contributed by atoms with Crippen molar-refractivity contribution in [1.82, 2.24) is 0 Å². The van der Waals surface area contributed by atoms with Crippen LogP contribution in [0.25, 0.3) is 0 Å². The first-order chi connectivity index (χ1) is 31.6. The minimum atomic E-state index is -0.550. The van der Waals surface area contributed by atoms with E-state index in [-0.39, 0.29) is 25.2 Å². The van der Waals surface area contributed by atoms with Crippen LogP contribution in [0.5, 0.6) is 0 Å². The summed E-state index contributed by atoms with van der Waals surface area (Å²) in [5, 5.41) is 0. The summed E-state index contributed by atoms with van der Waals surface area (Å²) in [6, 6.07) is 0. The number of rotatable bonds is 52. The van der Waals surface area contributed by atoms with E-state index in [0.29, 0.717) is 19.4 Å². The first-order valence-corrected chi connectivity index (χ1v) is 28.2. The van der Waals surface area contributed by atoms with Crippen molar-refractivity contribution in [2.75, 3.05) is 19.8 Å². The lowest BCUT2D eigenvalue weighted by molar-refractivity contribution is -0.163. The van der Waals surface area contributed by atoms with Crippen LogP contribution in [-0.4, -0.2) is 37.9 Å². The number of carbonyl (C=O) groups excluding carboxylic acids is 2. The molecule has 0 bridgehead atoms. The summed E-state index contributed by atoms with van der Waals surface area (Å²) >= 11 is 0. The summed E-state index contributed by atoms with van der Waals surface area (Å²) in [5.41, 5.74) is 0. The molecule has 5 nitrogen and oxygen atoms in total. The van der Waals surface area contributed by atoms with Gasteiger partial charge in [-0.25, -0.2) is 0 Å². The Morgan fingerprint density at radius 3 is 1.14 bits per heavy atom. The average Bonchev–Trinajstić information content (AvgIpc) is 3.30. The zero-order valence-electron chi connectivity index (χ0n) is 43.1. The molecule has 0 fully saturated rings. The lowest BCUT2D eigenvalue weighted by Crippen LogP contribution is -2.30. The van der Waals surface area contributed by atoms with Crippen LogP contribution in [0.15, 0.2) is 48.6 Å². The van der Waals surface area contributed by atoms with Crippen LogP contribution in [0.1, 0.15) is 290 Å². The van der Waals surface area contributed by atoms with E-state index in [0.717, 1.165) is 77.0 Å². The number of ether oxygens (including phenoxy) is 3. The van der Waals surface area contributed by atoms with E-state index >= 15 is 0 Å². The maximum absolute atomic E-state index is 12.8. The third-order valence-electron chi connectivity index (χ3n) is 12.3. The lowest BCUT2D eigenvalue weighted by atomic mass is 10.0. The van der Waals surface area contributed by atoms with Crippen molar-refractivity contribution in [3.8, 4) is 0 Å². The van der Waals surface area contributed by atoms with Gasteiger partial charge in [-0.2, -0.15) is 0 Å². The van der Waals surface area contributed by atoms with Crippen molar-refractivity contribution in [3.05, 3.63) is 48.6 Å². The van der Waals surface area contributed by atoms with Crippen LogP contribution in [-0.2, 0) is 23.8 Å². The quantitative estimate of drug-likeness (QED) is 0.0346. The van der Waals surface area contributed by atoms with Gasteiger partial charge in [-0.05, 0) is 77.0 Å². The molecule has 0 heterocycles. The molecule has 0 aliphatic carbocycles. The second-order valence-corrected chi connectivity index (χ2v) is 18.8. The smallest absolute Gasteiger partial charge is 0.306 e. The molecule has 0 aromatic carbocycles. The van der Waals surface area contributed by atoms with Gasteiger partial charge in [0.05, 0.1) is 6.61 Å². The number of hydrogen-bond donors (Lipinski definition) is 0. The topological polar surface area (TPSA) is 61.8 Å². The highest BCUT2D eigenvalue weighted by Crippen LogP contribution is 2.16.